The number of hydrogen-bond acceptors (Lipinski definition) is 3. The Morgan fingerprint density at radius 3 is 2.24 bits per heavy atom. The van der Waals surface area contributed by atoms with Gasteiger partial charge in [-0.3, -0.25) is 4.79 Å². The minimum Gasteiger partial charge on any atom is -0.481 e. The molecule has 0 aliphatic rings. The molecular weight excluding hydrogens is 336 g/mol. The maximum Gasteiger partial charge on any atom is 0.303 e. The van der Waals surface area contributed by atoms with Gasteiger partial charge in [-0.05, 0) is 49.9 Å². The first-order valence-corrected chi connectivity index (χ1v) is 10.0. The molecule has 0 aliphatic heterocycles. The highest BCUT2D eigenvalue weighted by Gasteiger charge is 2.20. The van der Waals surface area contributed by atoms with Crippen LogP contribution >= 0.6 is 0 Å². The van der Waals surface area contributed by atoms with E-state index >= 15 is 0 Å². The molecule has 2 aromatic carbocycles. The Morgan fingerprint density at radius 2 is 1.56 bits per heavy atom. The van der Waals surface area contributed by atoms with E-state index in [-0.39, 0.29) is 6.42 Å². The molecule has 25 heavy (non-hydrogen) atoms. The van der Waals surface area contributed by atoms with Gasteiger partial charge in [-0.1, -0.05) is 48.7 Å². The van der Waals surface area contributed by atoms with E-state index in [0.717, 1.165) is 30.4 Å². The van der Waals surface area contributed by atoms with Gasteiger partial charge >= 0.3 is 5.97 Å². The Hall–Kier alpha value is -2.14. The third-order valence-electron chi connectivity index (χ3n) is 4.18. The lowest BCUT2D eigenvalue weighted by atomic mass is 10.1. The summed E-state index contributed by atoms with van der Waals surface area (Å²) < 4.78 is 25.8. The van der Waals surface area contributed by atoms with Crippen LogP contribution in [0.2, 0.25) is 0 Å². The number of carbonyl (C=O) groups is 1. The van der Waals surface area contributed by atoms with Crippen LogP contribution in [0.3, 0.4) is 0 Å². The average molecular weight is 360 g/mol. The lowest BCUT2D eigenvalue weighted by molar-refractivity contribution is -0.137. The van der Waals surface area contributed by atoms with Crippen LogP contribution in [0.1, 0.15) is 43.2 Å². The first-order valence-electron chi connectivity index (χ1n) is 8.53. The molecule has 0 unspecified atom stereocenters. The molecule has 0 radical (unpaired) electrons. The number of unbranched alkanes of at least 4 members (excludes halogenated alkanes) is 3. The fraction of sp³-hybridized carbons (Fsp3) is 0.350. The smallest absolute Gasteiger partial charge is 0.303 e. The first-order chi connectivity index (χ1) is 11.9. The Labute approximate surface area is 149 Å². The van der Waals surface area contributed by atoms with Crippen molar-refractivity contribution in [2.45, 2.75) is 55.2 Å². The van der Waals surface area contributed by atoms with Crippen molar-refractivity contribution < 1.29 is 18.3 Å². The quantitative estimate of drug-likeness (QED) is 0.673. The summed E-state index contributed by atoms with van der Waals surface area (Å²) in [6, 6.07) is 14.0. The zero-order valence-corrected chi connectivity index (χ0v) is 15.3. The van der Waals surface area contributed by atoms with Crippen LogP contribution in [0, 0.1) is 6.92 Å². The van der Waals surface area contributed by atoms with Crippen LogP contribution in [-0.2, 0) is 21.1 Å². The van der Waals surface area contributed by atoms with Gasteiger partial charge in [0.2, 0.25) is 9.84 Å². The molecule has 2 rings (SSSR count). The summed E-state index contributed by atoms with van der Waals surface area (Å²) in [5, 5.41) is 8.63. The molecule has 134 valence electrons. The van der Waals surface area contributed by atoms with Crippen LogP contribution in [0.25, 0.3) is 0 Å². The molecule has 1 N–H and O–H groups in total. The third kappa shape index (κ3) is 5.43. The van der Waals surface area contributed by atoms with Crippen LogP contribution in [0.5, 0.6) is 0 Å². The number of rotatable bonds is 9. The molecule has 0 spiro atoms. The molecule has 0 saturated heterocycles. The van der Waals surface area contributed by atoms with Crippen molar-refractivity contribution in [3.05, 3.63) is 59.7 Å². The summed E-state index contributed by atoms with van der Waals surface area (Å²) in [5.41, 5.74) is 1.84. The molecular formula is C20H24O4S. The standard InChI is InChI=1S/C20H24O4S/c1-16-12-14-18(15-13-16)25(23,24)19-10-7-6-9-17(19)8-4-2-3-5-11-20(21)22/h6-7,9-10,12-15H,2-5,8,11H2,1H3,(H,21,22). The van der Waals surface area contributed by atoms with Gasteiger partial charge in [0, 0.05) is 6.42 Å². The fourth-order valence-electron chi connectivity index (χ4n) is 2.76. The number of aryl methyl sites for hydroxylation is 2. The first kappa shape index (κ1) is 19.2. The van der Waals surface area contributed by atoms with Crippen molar-refractivity contribution in [3.63, 3.8) is 0 Å². The van der Waals surface area contributed by atoms with E-state index in [1.165, 1.54) is 0 Å². The summed E-state index contributed by atoms with van der Waals surface area (Å²) in [6.07, 6.45) is 4.12. The van der Waals surface area contributed by atoms with E-state index in [1.54, 1.807) is 36.4 Å². The highest BCUT2D eigenvalue weighted by molar-refractivity contribution is 7.91. The van der Waals surface area contributed by atoms with Gasteiger partial charge in [0.05, 0.1) is 9.79 Å². The largest absolute Gasteiger partial charge is 0.481 e. The lowest BCUT2D eigenvalue weighted by Gasteiger charge is -2.11. The molecule has 5 heteroatoms. The van der Waals surface area contributed by atoms with Crippen molar-refractivity contribution >= 4 is 15.8 Å². The summed E-state index contributed by atoms with van der Waals surface area (Å²) in [4.78, 5) is 11.2. The third-order valence-corrected chi connectivity index (χ3v) is 6.05. The highest BCUT2D eigenvalue weighted by Crippen LogP contribution is 2.25. The van der Waals surface area contributed by atoms with E-state index in [2.05, 4.69) is 0 Å². The summed E-state index contributed by atoms with van der Waals surface area (Å²) in [5.74, 6) is -0.769. The second-order valence-corrected chi connectivity index (χ2v) is 8.15. The van der Waals surface area contributed by atoms with Crippen LogP contribution in [-0.4, -0.2) is 19.5 Å². The molecule has 0 aromatic heterocycles. The van der Waals surface area contributed by atoms with Crippen LogP contribution in [0.4, 0.5) is 0 Å². The average Bonchev–Trinajstić information content (AvgIpc) is 2.58. The van der Waals surface area contributed by atoms with Gasteiger partial charge < -0.3 is 5.11 Å². The van der Waals surface area contributed by atoms with Crippen molar-refractivity contribution in [2.75, 3.05) is 0 Å². The number of hydrogen-bond donors (Lipinski definition) is 1. The molecule has 0 amide bonds. The maximum absolute atomic E-state index is 12.9. The second kappa shape index (κ2) is 8.81. The van der Waals surface area contributed by atoms with Crippen molar-refractivity contribution in [3.8, 4) is 0 Å². The van der Waals surface area contributed by atoms with Gasteiger partial charge in [-0.2, -0.15) is 0 Å². The van der Waals surface area contributed by atoms with Crippen molar-refractivity contribution in [1.29, 1.82) is 0 Å². The molecule has 0 fully saturated rings. The SMILES string of the molecule is Cc1ccc(S(=O)(=O)c2ccccc2CCCCCCC(=O)O)cc1. The Morgan fingerprint density at radius 1 is 0.920 bits per heavy atom. The summed E-state index contributed by atoms with van der Waals surface area (Å²) in [7, 11) is -3.52. The Balaban J connectivity index is 2.07. The van der Waals surface area contributed by atoms with E-state index in [1.807, 2.05) is 19.1 Å². The number of benzene rings is 2. The number of sulfone groups is 1. The predicted octanol–water partition coefficient (Wildman–Crippen LogP) is 4.41. The van der Waals surface area contributed by atoms with E-state index < -0.39 is 15.8 Å². The Bertz CT molecular complexity index is 808. The van der Waals surface area contributed by atoms with Gasteiger partial charge in [0.1, 0.15) is 0 Å². The maximum atomic E-state index is 12.9. The van der Waals surface area contributed by atoms with Crippen LogP contribution < -0.4 is 0 Å². The van der Waals surface area contributed by atoms with E-state index in [9.17, 15) is 13.2 Å². The highest BCUT2D eigenvalue weighted by atomic mass is 32.2. The monoisotopic (exact) mass is 360 g/mol. The molecule has 0 aliphatic carbocycles. The number of carboxylic acid groups (broad SMARTS) is 1. The summed E-state index contributed by atoms with van der Waals surface area (Å²) >= 11 is 0. The normalized spacial score (nSPS) is 11.4. The molecule has 0 saturated carbocycles. The van der Waals surface area contributed by atoms with Crippen LogP contribution in [0.15, 0.2) is 58.3 Å². The van der Waals surface area contributed by atoms with Gasteiger partial charge in [0.15, 0.2) is 0 Å². The molecule has 4 nitrogen and oxygen atoms in total. The number of aliphatic carboxylic acids is 1. The van der Waals surface area contributed by atoms with E-state index in [0.29, 0.717) is 22.6 Å². The van der Waals surface area contributed by atoms with Crippen molar-refractivity contribution in [2.24, 2.45) is 0 Å². The second-order valence-electron chi connectivity index (χ2n) is 6.23. The number of carboxylic acids is 1. The fourth-order valence-corrected chi connectivity index (χ4v) is 4.28. The Kier molecular flexibility index (Phi) is 6.76. The molecule has 0 bridgehead atoms. The topological polar surface area (TPSA) is 71.4 Å². The van der Waals surface area contributed by atoms with Gasteiger partial charge in [-0.25, -0.2) is 8.42 Å². The van der Waals surface area contributed by atoms with E-state index in [4.69, 9.17) is 5.11 Å². The van der Waals surface area contributed by atoms with Gasteiger partial charge in [0.25, 0.3) is 0 Å². The summed E-state index contributed by atoms with van der Waals surface area (Å²) in [6.45, 7) is 1.93. The minimum absolute atomic E-state index is 0.193. The molecule has 2 aromatic rings. The molecule has 0 atom stereocenters. The zero-order chi connectivity index (χ0) is 18.3. The molecule has 0 heterocycles. The van der Waals surface area contributed by atoms with Crippen molar-refractivity contribution in [1.82, 2.24) is 0 Å². The minimum atomic E-state index is -3.52. The zero-order valence-electron chi connectivity index (χ0n) is 14.4. The predicted molar refractivity (Wildman–Crippen MR) is 97.5 cm³/mol. The van der Waals surface area contributed by atoms with Gasteiger partial charge in [-0.15, -0.1) is 0 Å². The lowest BCUT2D eigenvalue weighted by Crippen LogP contribution is -2.06.